The van der Waals surface area contributed by atoms with Crippen LogP contribution in [0.3, 0.4) is 0 Å². The van der Waals surface area contributed by atoms with Crippen molar-refractivity contribution in [2.75, 3.05) is 0 Å². The van der Waals surface area contributed by atoms with Gasteiger partial charge in [-0.1, -0.05) is 12.1 Å². The summed E-state index contributed by atoms with van der Waals surface area (Å²) in [5.41, 5.74) is 2.33. The van der Waals surface area contributed by atoms with E-state index in [1.807, 2.05) is 0 Å². The summed E-state index contributed by atoms with van der Waals surface area (Å²) in [7, 11) is 0. The normalized spacial score (nSPS) is 10.8. The summed E-state index contributed by atoms with van der Waals surface area (Å²) in [6.07, 6.45) is 3.30. The van der Waals surface area contributed by atoms with Crippen LogP contribution in [0.5, 0.6) is 0 Å². The molecule has 6 heteroatoms. The van der Waals surface area contributed by atoms with Gasteiger partial charge in [-0.3, -0.25) is 4.79 Å². The molecule has 3 aromatic rings. The molecule has 0 saturated heterocycles. The van der Waals surface area contributed by atoms with E-state index in [9.17, 15) is 9.18 Å². The minimum absolute atomic E-state index is 0.252. The molecule has 1 N–H and O–H groups in total. The second-order valence-corrected chi connectivity index (χ2v) is 4.71. The molecule has 1 aromatic carbocycles. The number of carbonyl (C=O) groups is 1. The summed E-state index contributed by atoms with van der Waals surface area (Å²) < 4.78 is 14.8. The molecule has 0 saturated carbocycles. The second-order valence-electron chi connectivity index (χ2n) is 4.71. The van der Waals surface area contributed by atoms with E-state index in [2.05, 4.69) is 15.4 Å². The van der Waals surface area contributed by atoms with Crippen LogP contribution in [-0.2, 0) is 6.54 Å². The Hall–Kier alpha value is -2.76. The van der Waals surface area contributed by atoms with Gasteiger partial charge in [-0.25, -0.2) is 13.9 Å². The van der Waals surface area contributed by atoms with Gasteiger partial charge < -0.3 is 5.32 Å². The van der Waals surface area contributed by atoms with Gasteiger partial charge in [-0.15, -0.1) is 0 Å². The van der Waals surface area contributed by atoms with Gasteiger partial charge in [0.05, 0.1) is 6.20 Å². The average molecular weight is 284 g/mol. The van der Waals surface area contributed by atoms with Crippen LogP contribution in [-0.4, -0.2) is 20.5 Å². The van der Waals surface area contributed by atoms with Crippen molar-refractivity contribution in [1.29, 1.82) is 0 Å². The Bertz CT molecular complexity index is 812. The summed E-state index contributed by atoms with van der Waals surface area (Å²) in [5.74, 6) is -0.529. The van der Waals surface area contributed by atoms with Crippen LogP contribution in [0, 0.1) is 12.7 Å². The SMILES string of the molecule is Cc1cc(CNC(=O)c2ccn3nccc3n2)ccc1F. The molecule has 1 amide bonds. The Morgan fingerprint density at radius 3 is 3.00 bits per heavy atom. The molecule has 0 spiro atoms. The van der Waals surface area contributed by atoms with Crippen molar-refractivity contribution in [2.24, 2.45) is 0 Å². The summed E-state index contributed by atoms with van der Waals surface area (Å²) in [5, 5.41) is 6.78. The number of benzene rings is 1. The lowest BCUT2D eigenvalue weighted by Gasteiger charge is -2.06. The lowest BCUT2D eigenvalue weighted by molar-refractivity contribution is 0.0946. The van der Waals surface area contributed by atoms with Crippen molar-refractivity contribution in [3.8, 4) is 0 Å². The van der Waals surface area contributed by atoms with E-state index in [0.717, 1.165) is 5.56 Å². The van der Waals surface area contributed by atoms with Crippen LogP contribution in [0.1, 0.15) is 21.6 Å². The minimum atomic E-state index is -0.277. The molecule has 21 heavy (non-hydrogen) atoms. The number of aryl methyl sites for hydroxylation is 1. The number of carbonyl (C=O) groups excluding carboxylic acids is 1. The van der Waals surface area contributed by atoms with Crippen molar-refractivity contribution in [3.05, 3.63) is 65.4 Å². The number of nitrogens with one attached hydrogen (secondary N) is 1. The third-order valence-corrected chi connectivity index (χ3v) is 3.17. The number of fused-ring (bicyclic) bond motifs is 1. The molecule has 5 nitrogen and oxygen atoms in total. The molecule has 0 bridgehead atoms. The number of nitrogens with zero attached hydrogens (tertiary/aromatic N) is 3. The fraction of sp³-hybridized carbons (Fsp3) is 0.133. The van der Waals surface area contributed by atoms with Crippen molar-refractivity contribution in [3.63, 3.8) is 0 Å². The number of hydrogen-bond donors (Lipinski definition) is 1. The molecule has 3 rings (SSSR count). The van der Waals surface area contributed by atoms with Gasteiger partial charge in [0.2, 0.25) is 0 Å². The highest BCUT2D eigenvalue weighted by Crippen LogP contribution is 2.09. The third-order valence-electron chi connectivity index (χ3n) is 3.17. The summed E-state index contributed by atoms with van der Waals surface area (Å²) in [6, 6.07) is 8.08. The van der Waals surface area contributed by atoms with Gasteiger partial charge in [-0.05, 0) is 30.2 Å². The van der Waals surface area contributed by atoms with Crippen molar-refractivity contribution in [1.82, 2.24) is 19.9 Å². The van der Waals surface area contributed by atoms with Crippen LogP contribution in [0.2, 0.25) is 0 Å². The smallest absolute Gasteiger partial charge is 0.270 e. The molecule has 0 aliphatic rings. The standard InChI is InChI=1S/C15H13FN4O/c1-10-8-11(2-3-12(10)16)9-17-15(21)13-5-7-20-14(19-13)4-6-18-20/h2-8H,9H2,1H3,(H,17,21). The minimum Gasteiger partial charge on any atom is -0.347 e. The molecule has 0 atom stereocenters. The first-order valence-corrected chi connectivity index (χ1v) is 6.47. The maximum Gasteiger partial charge on any atom is 0.270 e. The second kappa shape index (κ2) is 5.32. The van der Waals surface area contributed by atoms with Gasteiger partial charge in [0.15, 0.2) is 5.65 Å². The first-order valence-electron chi connectivity index (χ1n) is 6.47. The topological polar surface area (TPSA) is 59.3 Å². The predicted molar refractivity (Wildman–Crippen MR) is 75.3 cm³/mol. The Morgan fingerprint density at radius 2 is 2.19 bits per heavy atom. The van der Waals surface area contributed by atoms with Crippen molar-refractivity contribution >= 4 is 11.6 Å². The molecular weight excluding hydrogens is 271 g/mol. The summed E-state index contributed by atoms with van der Waals surface area (Å²) in [4.78, 5) is 16.3. The number of amides is 1. The average Bonchev–Trinajstić information content (AvgIpc) is 2.95. The summed E-state index contributed by atoms with van der Waals surface area (Å²) in [6.45, 7) is 2.02. The van der Waals surface area contributed by atoms with E-state index in [0.29, 0.717) is 23.4 Å². The van der Waals surface area contributed by atoms with Crippen LogP contribution in [0.25, 0.3) is 5.65 Å². The van der Waals surface area contributed by atoms with E-state index in [1.54, 1.807) is 48.1 Å². The number of rotatable bonds is 3. The Morgan fingerprint density at radius 1 is 1.33 bits per heavy atom. The maximum atomic E-state index is 13.2. The quantitative estimate of drug-likeness (QED) is 0.801. The molecular formula is C15H13FN4O. The van der Waals surface area contributed by atoms with Gasteiger partial charge in [0.25, 0.3) is 5.91 Å². The van der Waals surface area contributed by atoms with Crippen LogP contribution in [0.15, 0.2) is 42.7 Å². The maximum absolute atomic E-state index is 13.2. The zero-order chi connectivity index (χ0) is 14.8. The molecule has 0 unspecified atom stereocenters. The fourth-order valence-electron chi connectivity index (χ4n) is 2.03. The molecule has 106 valence electrons. The number of halogens is 1. The van der Waals surface area contributed by atoms with Crippen LogP contribution in [0.4, 0.5) is 4.39 Å². The van der Waals surface area contributed by atoms with Gasteiger partial charge in [0, 0.05) is 18.8 Å². The Balaban J connectivity index is 1.72. The van der Waals surface area contributed by atoms with E-state index >= 15 is 0 Å². The van der Waals surface area contributed by atoms with E-state index in [1.165, 1.54) is 6.07 Å². The highest BCUT2D eigenvalue weighted by atomic mass is 19.1. The van der Waals surface area contributed by atoms with Gasteiger partial charge in [0.1, 0.15) is 11.5 Å². The largest absolute Gasteiger partial charge is 0.347 e. The van der Waals surface area contributed by atoms with Crippen LogP contribution >= 0.6 is 0 Å². The first kappa shape index (κ1) is 13.2. The molecule has 0 aliphatic carbocycles. The highest BCUT2D eigenvalue weighted by Gasteiger charge is 2.08. The number of hydrogen-bond acceptors (Lipinski definition) is 3. The predicted octanol–water partition coefficient (Wildman–Crippen LogP) is 2.11. The molecule has 0 fully saturated rings. The van der Waals surface area contributed by atoms with Gasteiger partial charge >= 0.3 is 0 Å². The molecule has 2 aromatic heterocycles. The van der Waals surface area contributed by atoms with E-state index in [4.69, 9.17) is 0 Å². The van der Waals surface area contributed by atoms with Crippen LogP contribution < -0.4 is 5.32 Å². The Kier molecular flexibility index (Phi) is 3.35. The van der Waals surface area contributed by atoms with E-state index < -0.39 is 0 Å². The third kappa shape index (κ3) is 2.74. The molecule has 0 aliphatic heterocycles. The van der Waals surface area contributed by atoms with E-state index in [-0.39, 0.29) is 11.7 Å². The first-order chi connectivity index (χ1) is 10.1. The van der Waals surface area contributed by atoms with Crippen molar-refractivity contribution in [2.45, 2.75) is 13.5 Å². The molecule has 2 heterocycles. The lowest BCUT2D eigenvalue weighted by atomic mass is 10.1. The Labute approximate surface area is 120 Å². The lowest BCUT2D eigenvalue weighted by Crippen LogP contribution is -2.24. The zero-order valence-corrected chi connectivity index (χ0v) is 11.4. The fourth-order valence-corrected chi connectivity index (χ4v) is 2.03. The molecule has 0 radical (unpaired) electrons. The van der Waals surface area contributed by atoms with Gasteiger partial charge in [-0.2, -0.15) is 5.10 Å². The monoisotopic (exact) mass is 284 g/mol. The summed E-state index contributed by atoms with van der Waals surface area (Å²) >= 11 is 0. The number of aromatic nitrogens is 3. The highest BCUT2D eigenvalue weighted by molar-refractivity contribution is 5.92. The zero-order valence-electron chi connectivity index (χ0n) is 11.4. The van der Waals surface area contributed by atoms with Crippen molar-refractivity contribution < 1.29 is 9.18 Å².